The van der Waals surface area contributed by atoms with Crippen molar-refractivity contribution in [3.63, 3.8) is 0 Å². The van der Waals surface area contributed by atoms with Crippen LogP contribution in [0.3, 0.4) is 0 Å². The van der Waals surface area contributed by atoms with E-state index in [1.54, 1.807) is 0 Å². The predicted molar refractivity (Wildman–Crippen MR) is 79.2 cm³/mol. The van der Waals surface area contributed by atoms with Gasteiger partial charge in [0, 0.05) is 18.4 Å². The van der Waals surface area contributed by atoms with Gasteiger partial charge in [-0.3, -0.25) is 4.79 Å². The van der Waals surface area contributed by atoms with E-state index in [9.17, 15) is 18.7 Å². The lowest BCUT2D eigenvalue weighted by Crippen LogP contribution is -2.24. The van der Waals surface area contributed by atoms with Crippen molar-refractivity contribution < 1.29 is 18.7 Å². The van der Waals surface area contributed by atoms with Crippen LogP contribution in [0.25, 0.3) is 0 Å². The monoisotopic (exact) mass is 298 g/mol. The second-order valence-electron chi connectivity index (χ2n) is 7.66. The van der Waals surface area contributed by atoms with Gasteiger partial charge in [-0.25, -0.2) is 4.39 Å². The zero-order chi connectivity index (χ0) is 16.4. The molecular weight excluding hydrogens is 274 g/mol. The summed E-state index contributed by atoms with van der Waals surface area (Å²) in [6.07, 6.45) is 1.12. The summed E-state index contributed by atoms with van der Waals surface area (Å²) in [6.45, 7) is 10.4. The van der Waals surface area contributed by atoms with E-state index >= 15 is 0 Å². The molecule has 4 heteroatoms. The summed E-state index contributed by atoms with van der Waals surface area (Å²) >= 11 is 0. The van der Waals surface area contributed by atoms with E-state index in [-0.39, 0.29) is 28.6 Å². The standard InChI is InChI=1S/C17H24F2O2/c1-16(2,3)10-17(4,5)9-12(20)8-11-6-7-13(18)14(19)15(11)21/h6-7,21H,8-10H2,1-5H3. The average Bonchev–Trinajstić information content (AvgIpc) is 2.26. The minimum absolute atomic E-state index is 0.0867. The number of phenolic OH excluding ortho intramolecular Hbond substituents is 1. The quantitative estimate of drug-likeness (QED) is 0.860. The Balaban J connectivity index is 2.77. The van der Waals surface area contributed by atoms with Gasteiger partial charge in [0.05, 0.1) is 0 Å². The number of Topliss-reactive ketones (excluding diaryl/α,β-unsaturated/α-hetero) is 1. The van der Waals surface area contributed by atoms with Crippen molar-refractivity contribution in [3.05, 3.63) is 29.3 Å². The zero-order valence-corrected chi connectivity index (χ0v) is 13.4. The maximum Gasteiger partial charge on any atom is 0.200 e. The number of benzene rings is 1. The Morgan fingerprint density at radius 1 is 1.14 bits per heavy atom. The van der Waals surface area contributed by atoms with Crippen LogP contribution in [0.1, 0.15) is 53.0 Å². The van der Waals surface area contributed by atoms with Crippen molar-refractivity contribution in [1.29, 1.82) is 0 Å². The van der Waals surface area contributed by atoms with Crippen LogP contribution >= 0.6 is 0 Å². The fourth-order valence-electron chi connectivity index (χ4n) is 3.03. The number of ketones is 1. The molecule has 0 atom stereocenters. The van der Waals surface area contributed by atoms with E-state index in [2.05, 4.69) is 20.8 Å². The van der Waals surface area contributed by atoms with Gasteiger partial charge in [-0.05, 0) is 23.3 Å². The predicted octanol–water partition coefficient (Wildman–Crippen LogP) is 4.63. The minimum atomic E-state index is -1.30. The lowest BCUT2D eigenvalue weighted by atomic mass is 9.73. The van der Waals surface area contributed by atoms with Crippen LogP contribution in [-0.4, -0.2) is 10.9 Å². The third-order valence-electron chi connectivity index (χ3n) is 3.22. The van der Waals surface area contributed by atoms with E-state index in [0.29, 0.717) is 6.42 Å². The van der Waals surface area contributed by atoms with Crippen LogP contribution in [0.4, 0.5) is 8.78 Å². The largest absolute Gasteiger partial charge is 0.505 e. The molecule has 2 nitrogen and oxygen atoms in total. The van der Waals surface area contributed by atoms with Gasteiger partial charge in [0.15, 0.2) is 11.6 Å². The first kappa shape index (κ1) is 17.6. The van der Waals surface area contributed by atoms with Crippen LogP contribution in [0.5, 0.6) is 5.75 Å². The first-order valence-corrected chi connectivity index (χ1v) is 7.09. The maximum atomic E-state index is 13.3. The highest BCUT2D eigenvalue weighted by Gasteiger charge is 2.28. The van der Waals surface area contributed by atoms with Crippen molar-refractivity contribution in [2.24, 2.45) is 10.8 Å². The van der Waals surface area contributed by atoms with Gasteiger partial charge in [0.1, 0.15) is 5.78 Å². The Bertz CT molecular complexity index is 528. The summed E-state index contributed by atoms with van der Waals surface area (Å²) in [5, 5.41) is 9.54. The molecule has 118 valence electrons. The number of carbonyl (C=O) groups excluding carboxylic acids is 1. The summed E-state index contributed by atoms with van der Waals surface area (Å²) in [6, 6.07) is 2.18. The fourth-order valence-corrected chi connectivity index (χ4v) is 3.03. The number of phenols is 1. The minimum Gasteiger partial charge on any atom is -0.505 e. The molecule has 0 heterocycles. The Labute approximate surface area is 125 Å². The van der Waals surface area contributed by atoms with E-state index in [4.69, 9.17) is 0 Å². The first-order chi connectivity index (χ1) is 9.41. The zero-order valence-electron chi connectivity index (χ0n) is 13.4. The summed E-state index contributed by atoms with van der Waals surface area (Å²) in [7, 11) is 0. The molecule has 0 aliphatic carbocycles. The SMILES string of the molecule is CC(C)(C)CC(C)(C)CC(=O)Cc1ccc(F)c(F)c1O. The second-order valence-corrected chi connectivity index (χ2v) is 7.66. The second kappa shape index (κ2) is 6.12. The van der Waals surface area contributed by atoms with Gasteiger partial charge >= 0.3 is 0 Å². The van der Waals surface area contributed by atoms with Gasteiger partial charge in [-0.15, -0.1) is 0 Å². The molecule has 0 saturated carbocycles. The highest BCUT2D eigenvalue weighted by atomic mass is 19.2. The van der Waals surface area contributed by atoms with Crippen LogP contribution in [-0.2, 0) is 11.2 Å². The average molecular weight is 298 g/mol. The summed E-state index contributed by atoms with van der Waals surface area (Å²) in [4.78, 5) is 12.1. The highest BCUT2D eigenvalue weighted by molar-refractivity contribution is 5.82. The molecule has 0 aliphatic rings. The Morgan fingerprint density at radius 3 is 2.24 bits per heavy atom. The molecule has 0 unspecified atom stereocenters. The van der Waals surface area contributed by atoms with Crippen molar-refractivity contribution in [1.82, 2.24) is 0 Å². The number of halogens is 2. The Hall–Kier alpha value is -1.45. The summed E-state index contributed by atoms with van der Waals surface area (Å²) in [5.41, 5.74) is 0.0581. The molecular formula is C17H24F2O2. The molecule has 0 radical (unpaired) electrons. The fraction of sp³-hybridized carbons (Fsp3) is 0.588. The topological polar surface area (TPSA) is 37.3 Å². The number of hydrogen-bond acceptors (Lipinski definition) is 2. The van der Waals surface area contributed by atoms with Crippen LogP contribution in [0.15, 0.2) is 12.1 Å². The highest BCUT2D eigenvalue weighted by Crippen LogP contribution is 2.36. The lowest BCUT2D eigenvalue weighted by Gasteiger charge is -2.32. The molecule has 0 aliphatic heterocycles. The van der Waals surface area contributed by atoms with Gasteiger partial charge in [-0.2, -0.15) is 4.39 Å². The molecule has 1 N–H and O–H groups in total. The normalized spacial score (nSPS) is 12.5. The van der Waals surface area contributed by atoms with Crippen LogP contribution < -0.4 is 0 Å². The first-order valence-electron chi connectivity index (χ1n) is 7.09. The number of carbonyl (C=O) groups is 1. The summed E-state index contributed by atoms with van der Waals surface area (Å²) < 4.78 is 26.2. The molecule has 1 aromatic carbocycles. The van der Waals surface area contributed by atoms with Crippen molar-refractivity contribution in [3.8, 4) is 5.75 Å². The van der Waals surface area contributed by atoms with Crippen molar-refractivity contribution in [2.75, 3.05) is 0 Å². The molecule has 0 saturated heterocycles. The molecule has 0 spiro atoms. The smallest absolute Gasteiger partial charge is 0.200 e. The maximum absolute atomic E-state index is 13.3. The third-order valence-corrected chi connectivity index (χ3v) is 3.22. The van der Waals surface area contributed by atoms with Gasteiger partial charge in [0.25, 0.3) is 0 Å². The van der Waals surface area contributed by atoms with E-state index in [0.717, 1.165) is 12.5 Å². The molecule has 1 rings (SSSR count). The van der Waals surface area contributed by atoms with Gasteiger partial charge in [-0.1, -0.05) is 40.7 Å². The van der Waals surface area contributed by atoms with E-state index in [1.165, 1.54) is 6.07 Å². The van der Waals surface area contributed by atoms with E-state index in [1.807, 2.05) is 13.8 Å². The van der Waals surface area contributed by atoms with Gasteiger partial charge < -0.3 is 5.11 Å². The Morgan fingerprint density at radius 2 is 1.71 bits per heavy atom. The third kappa shape index (κ3) is 5.44. The molecule has 0 amide bonds. The van der Waals surface area contributed by atoms with Crippen LogP contribution in [0, 0.1) is 22.5 Å². The van der Waals surface area contributed by atoms with Crippen molar-refractivity contribution in [2.45, 2.75) is 53.9 Å². The molecule has 0 aromatic heterocycles. The van der Waals surface area contributed by atoms with Gasteiger partial charge in [0.2, 0.25) is 5.82 Å². The van der Waals surface area contributed by atoms with Crippen molar-refractivity contribution >= 4 is 5.78 Å². The Kier molecular flexibility index (Phi) is 5.13. The molecule has 21 heavy (non-hydrogen) atoms. The van der Waals surface area contributed by atoms with Crippen LogP contribution in [0.2, 0.25) is 0 Å². The lowest BCUT2D eigenvalue weighted by molar-refractivity contribution is -0.120. The number of hydrogen-bond donors (Lipinski definition) is 1. The number of rotatable bonds is 5. The number of aromatic hydroxyl groups is 1. The molecule has 1 aromatic rings. The molecule has 0 bridgehead atoms. The molecule has 0 fully saturated rings. The summed E-state index contributed by atoms with van der Waals surface area (Å²) in [5.74, 6) is -3.27. The van der Waals surface area contributed by atoms with E-state index < -0.39 is 17.4 Å².